The van der Waals surface area contributed by atoms with Gasteiger partial charge >= 0.3 is 0 Å². The molecule has 0 saturated carbocycles. The van der Waals surface area contributed by atoms with Gasteiger partial charge in [0.05, 0.1) is 6.07 Å². The minimum Gasteiger partial charge on any atom is -0.454 e. The lowest BCUT2D eigenvalue weighted by molar-refractivity contribution is 0.171. The fraction of sp³-hybridized carbons (Fsp3) is 0.500. The molecule has 1 atom stereocenters. The van der Waals surface area contributed by atoms with Crippen LogP contribution in [0, 0.1) is 11.3 Å². The molecule has 2 heterocycles. The zero-order valence-electron chi connectivity index (χ0n) is 10.8. The summed E-state index contributed by atoms with van der Waals surface area (Å²) in [5.41, 5.74) is 6.50. The number of hydrogen-bond donors (Lipinski definition) is 1. The second kappa shape index (κ2) is 4.72. The van der Waals surface area contributed by atoms with Gasteiger partial charge in [0.15, 0.2) is 11.5 Å². The lowest BCUT2D eigenvalue weighted by atomic mass is 9.91. The number of nitrogens with zero attached hydrogens (tertiary/aromatic N) is 2. The van der Waals surface area contributed by atoms with E-state index in [1.165, 1.54) is 0 Å². The van der Waals surface area contributed by atoms with Crippen LogP contribution in [0.15, 0.2) is 18.2 Å². The molecule has 3 rings (SSSR count). The second-order valence-corrected chi connectivity index (χ2v) is 5.27. The Morgan fingerprint density at radius 3 is 3.05 bits per heavy atom. The van der Waals surface area contributed by atoms with E-state index < -0.39 is 5.54 Å². The molecule has 2 N–H and O–H groups in total. The molecule has 1 saturated heterocycles. The lowest BCUT2D eigenvalue weighted by Crippen LogP contribution is -2.52. The van der Waals surface area contributed by atoms with Crippen LogP contribution in [-0.2, 0) is 6.54 Å². The highest BCUT2D eigenvalue weighted by Gasteiger charge is 2.31. The third-order valence-corrected chi connectivity index (χ3v) is 3.67. The van der Waals surface area contributed by atoms with Crippen LogP contribution >= 0.6 is 0 Å². The summed E-state index contributed by atoms with van der Waals surface area (Å²) < 4.78 is 10.7. The van der Waals surface area contributed by atoms with Crippen molar-refractivity contribution in [3.05, 3.63) is 23.8 Å². The van der Waals surface area contributed by atoms with Crippen LogP contribution in [0.4, 0.5) is 0 Å². The SMILES string of the molecule is N#CC1(N)CCCN(Cc2ccc3c(c2)OCO3)C1. The first-order valence-electron chi connectivity index (χ1n) is 6.50. The Morgan fingerprint density at radius 1 is 1.37 bits per heavy atom. The van der Waals surface area contributed by atoms with Crippen molar-refractivity contribution >= 4 is 0 Å². The molecular weight excluding hydrogens is 242 g/mol. The van der Waals surface area contributed by atoms with Gasteiger partial charge in [0.2, 0.25) is 6.79 Å². The maximum Gasteiger partial charge on any atom is 0.231 e. The number of benzene rings is 1. The van der Waals surface area contributed by atoms with E-state index in [-0.39, 0.29) is 0 Å². The van der Waals surface area contributed by atoms with E-state index in [0.717, 1.165) is 43.0 Å². The van der Waals surface area contributed by atoms with Crippen molar-refractivity contribution in [2.75, 3.05) is 19.9 Å². The number of likely N-dealkylation sites (tertiary alicyclic amines) is 1. The standard InChI is InChI=1S/C14H17N3O2/c15-8-14(16)4-1-5-17(9-14)7-11-2-3-12-13(6-11)19-10-18-12/h2-3,6H,1,4-5,7,9-10,16H2. The highest BCUT2D eigenvalue weighted by Crippen LogP contribution is 2.33. The average Bonchev–Trinajstić information content (AvgIpc) is 2.86. The van der Waals surface area contributed by atoms with Crippen molar-refractivity contribution in [2.45, 2.75) is 24.9 Å². The van der Waals surface area contributed by atoms with Gasteiger partial charge in [-0.3, -0.25) is 4.90 Å². The molecule has 5 heteroatoms. The molecule has 2 aliphatic heterocycles. The van der Waals surface area contributed by atoms with Gasteiger partial charge in [-0.1, -0.05) is 6.07 Å². The van der Waals surface area contributed by atoms with Crippen molar-refractivity contribution in [2.24, 2.45) is 5.73 Å². The Morgan fingerprint density at radius 2 is 2.21 bits per heavy atom. The van der Waals surface area contributed by atoms with Crippen LogP contribution in [0.5, 0.6) is 11.5 Å². The van der Waals surface area contributed by atoms with E-state index in [9.17, 15) is 0 Å². The van der Waals surface area contributed by atoms with Gasteiger partial charge in [-0.05, 0) is 37.1 Å². The maximum atomic E-state index is 9.12. The predicted molar refractivity (Wildman–Crippen MR) is 69.6 cm³/mol. The van der Waals surface area contributed by atoms with Crippen molar-refractivity contribution in [1.82, 2.24) is 4.90 Å². The number of fused-ring (bicyclic) bond motifs is 1. The van der Waals surface area contributed by atoms with Crippen LogP contribution in [-0.4, -0.2) is 30.3 Å². The molecule has 0 radical (unpaired) electrons. The Balaban J connectivity index is 1.70. The summed E-state index contributed by atoms with van der Waals surface area (Å²) >= 11 is 0. The van der Waals surface area contributed by atoms with Crippen LogP contribution in [0.2, 0.25) is 0 Å². The maximum absolute atomic E-state index is 9.12. The largest absolute Gasteiger partial charge is 0.454 e. The highest BCUT2D eigenvalue weighted by molar-refractivity contribution is 5.44. The van der Waals surface area contributed by atoms with E-state index in [1.54, 1.807) is 0 Å². The van der Waals surface area contributed by atoms with Crippen LogP contribution in [0.25, 0.3) is 0 Å². The van der Waals surface area contributed by atoms with Crippen LogP contribution in [0.3, 0.4) is 0 Å². The molecule has 19 heavy (non-hydrogen) atoms. The number of nitriles is 1. The topological polar surface area (TPSA) is 71.5 Å². The van der Waals surface area contributed by atoms with Gasteiger partial charge < -0.3 is 15.2 Å². The average molecular weight is 259 g/mol. The first kappa shape index (κ1) is 12.3. The smallest absolute Gasteiger partial charge is 0.231 e. The monoisotopic (exact) mass is 259 g/mol. The summed E-state index contributed by atoms with van der Waals surface area (Å²) in [5.74, 6) is 1.60. The third kappa shape index (κ3) is 2.50. The predicted octanol–water partition coefficient (Wildman–Crippen LogP) is 1.23. The summed E-state index contributed by atoms with van der Waals surface area (Å²) in [6.45, 7) is 2.69. The lowest BCUT2D eigenvalue weighted by Gasteiger charge is -2.35. The fourth-order valence-corrected chi connectivity index (χ4v) is 2.70. The third-order valence-electron chi connectivity index (χ3n) is 3.67. The number of nitrogens with two attached hydrogens (primary N) is 1. The van der Waals surface area contributed by atoms with E-state index in [2.05, 4.69) is 11.0 Å². The van der Waals surface area contributed by atoms with Gasteiger partial charge in [-0.2, -0.15) is 5.26 Å². The molecule has 5 nitrogen and oxygen atoms in total. The van der Waals surface area contributed by atoms with Crippen LogP contribution in [0.1, 0.15) is 18.4 Å². The van der Waals surface area contributed by atoms with Crippen LogP contribution < -0.4 is 15.2 Å². The van der Waals surface area contributed by atoms with E-state index in [0.29, 0.717) is 13.3 Å². The van der Waals surface area contributed by atoms with Gasteiger partial charge in [0, 0.05) is 13.1 Å². The Kier molecular flexibility index (Phi) is 3.05. The van der Waals surface area contributed by atoms with E-state index in [4.69, 9.17) is 20.5 Å². The zero-order valence-corrected chi connectivity index (χ0v) is 10.8. The molecular formula is C14H17N3O2. The van der Waals surface area contributed by atoms with Gasteiger partial charge in [0.1, 0.15) is 5.54 Å². The zero-order chi connectivity index (χ0) is 13.3. The molecule has 1 fully saturated rings. The molecule has 1 unspecified atom stereocenters. The van der Waals surface area contributed by atoms with Crippen molar-refractivity contribution in [1.29, 1.82) is 5.26 Å². The highest BCUT2D eigenvalue weighted by atomic mass is 16.7. The number of hydrogen-bond acceptors (Lipinski definition) is 5. The summed E-state index contributed by atoms with van der Waals surface area (Å²) in [7, 11) is 0. The first-order valence-corrected chi connectivity index (χ1v) is 6.50. The second-order valence-electron chi connectivity index (χ2n) is 5.27. The van der Waals surface area contributed by atoms with E-state index >= 15 is 0 Å². The molecule has 100 valence electrons. The van der Waals surface area contributed by atoms with Crippen molar-refractivity contribution in [3.63, 3.8) is 0 Å². The van der Waals surface area contributed by atoms with Gasteiger partial charge in [-0.25, -0.2) is 0 Å². The summed E-state index contributed by atoms with van der Waals surface area (Å²) in [4.78, 5) is 2.23. The molecule has 0 amide bonds. The number of ether oxygens (including phenoxy) is 2. The molecule has 2 aliphatic rings. The number of piperidine rings is 1. The molecule has 0 aliphatic carbocycles. The summed E-state index contributed by atoms with van der Waals surface area (Å²) in [5, 5.41) is 9.12. The van der Waals surface area contributed by atoms with Crippen molar-refractivity contribution < 1.29 is 9.47 Å². The Bertz CT molecular complexity index is 526. The Labute approximate surface area is 112 Å². The summed E-state index contributed by atoms with van der Waals surface area (Å²) in [6, 6.07) is 8.20. The molecule has 0 bridgehead atoms. The first-order chi connectivity index (χ1) is 9.18. The number of rotatable bonds is 2. The van der Waals surface area contributed by atoms with Crippen molar-refractivity contribution in [3.8, 4) is 17.6 Å². The molecule has 1 aromatic carbocycles. The normalized spacial score (nSPS) is 26.1. The molecule has 0 aromatic heterocycles. The molecule has 0 spiro atoms. The summed E-state index contributed by atoms with van der Waals surface area (Å²) in [6.07, 6.45) is 1.75. The minimum atomic E-state index is -0.700. The Hall–Kier alpha value is -1.77. The fourth-order valence-electron chi connectivity index (χ4n) is 2.70. The minimum absolute atomic E-state index is 0.294. The van der Waals surface area contributed by atoms with Gasteiger partial charge in [0.25, 0.3) is 0 Å². The molecule has 1 aromatic rings. The quantitative estimate of drug-likeness (QED) is 0.865. The van der Waals surface area contributed by atoms with Gasteiger partial charge in [-0.15, -0.1) is 0 Å². The van der Waals surface area contributed by atoms with E-state index in [1.807, 2.05) is 18.2 Å².